The lowest BCUT2D eigenvalue weighted by atomic mass is 9.81. The number of benzene rings is 2. The number of carbonyl (C=O) groups is 2. The lowest BCUT2D eigenvalue weighted by Crippen LogP contribution is -2.65. The topological polar surface area (TPSA) is 129 Å². The molecule has 0 bridgehead atoms. The van der Waals surface area contributed by atoms with Crippen LogP contribution in [0.1, 0.15) is 36.0 Å². The van der Waals surface area contributed by atoms with Gasteiger partial charge < -0.3 is 25.8 Å². The van der Waals surface area contributed by atoms with Gasteiger partial charge in [0.15, 0.2) is 0 Å². The number of piperidine rings is 1. The SMILES string of the molecule is CO[C@H]1C[C@@](O)(Cc2ccccc2)C(=O)N2C(C(=O)NCc3ccc(C(=N)N)cc3)CC[C@@H]12.Cl. The number of fused-ring (bicyclic) bond motifs is 1. The molecular weight excluding hydrogens is 456 g/mol. The molecule has 4 rings (SSSR count). The first-order valence-corrected chi connectivity index (χ1v) is 11.2. The Morgan fingerprint density at radius 2 is 1.85 bits per heavy atom. The van der Waals surface area contributed by atoms with Crippen LogP contribution in [0.5, 0.6) is 0 Å². The monoisotopic (exact) mass is 486 g/mol. The van der Waals surface area contributed by atoms with E-state index in [-0.39, 0.29) is 49.1 Å². The van der Waals surface area contributed by atoms with Crippen LogP contribution in [0.15, 0.2) is 54.6 Å². The smallest absolute Gasteiger partial charge is 0.256 e. The normalized spacial score (nSPS) is 25.9. The minimum Gasteiger partial charge on any atom is -0.384 e. The first-order chi connectivity index (χ1) is 15.8. The average molecular weight is 487 g/mol. The van der Waals surface area contributed by atoms with Crippen LogP contribution in [-0.4, -0.2) is 58.6 Å². The van der Waals surface area contributed by atoms with Crippen LogP contribution in [0.25, 0.3) is 0 Å². The van der Waals surface area contributed by atoms with Crippen molar-refractivity contribution in [2.75, 3.05) is 7.11 Å². The van der Waals surface area contributed by atoms with E-state index in [0.717, 1.165) is 11.1 Å². The van der Waals surface area contributed by atoms with Gasteiger partial charge >= 0.3 is 0 Å². The minimum atomic E-state index is -1.62. The highest BCUT2D eigenvalue weighted by Crippen LogP contribution is 2.39. The molecule has 8 nitrogen and oxygen atoms in total. The number of carbonyl (C=O) groups excluding carboxylic acids is 2. The van der Waals surface area contributed by atoms with Crippen LogP contribution in [0, 0.1) is 5.41 Å². The molecule has 1 unspecified atom stereocenters. The Bertz CT molecular complexity index is 1030. The molecule has 0 aliphatic carbocycles. The summed E-state index contributed by atoms with van der Waals surface area (Å²) in [5.41, 5.74) is 6.20. The summed E-state index contributed by atoms with van der Waals surface area (Å²) in [4.78, 5) is 28.1. The molecular formula is C25H31ClN4O4. The quantitative estimate of drug-likeness (QED) is 0.350. The van der Waals surface area contributed by atoms with Gasteiger partial charge in [-0.3, -0.25) is 15.0 Å². The highest BCUT2D eigenvalue weighted by molar-refractivity contribution is 5.95. The highest BCUT2D eigenvalue weighted by Gasteiger charge is 2.56. The van der Waals surface area contributed by atoms with E-state index in [1.807, 2.05) is 30.3 Å². The van der Waals surface area contributed by atoms with E-state index in [1.54, 1.807) is 36.3 Å². The Morgan fingerprint density at radius 1 is 1.18 bits per heavy atom. The fourth-order valence-electron chi connectivity index (χ4n) is 4.98. The van der Waals surface area contributed by atoms with Gasteiger partial charge in [0.25, 0.3) is 5.91 Å². The Kier molecular flexibility index (Phi) is 7.97. The number of nitrogen functional groups attached to an aromatic ring is 1. The standard InChI is InChI=1S/C25H30N4O4.ClH/c1-33-21-14-25(32,13-16-5-3-2-4-6-16)24(31)29-19(21)11-12-20(29)23(30)28-15-17-7-9-18(10-8-17)22(26)27;/h2-10,19-21,32H,11-15H2,1H3,(H3,26,27)(H,28,30);1H/t19-,20?,21-,25-;/m0./s1. The summed E-state index contributed by atoms with van der Waals surface area (Å²) in [7, 11) is 1.58. The van der Waals surface area contributed by atoms with E-state index in [2.05, 4.69) is 5.32 Å². The van der Waals surface area contributed by atoms with Crippen LogP contribution >= 0.6 is 12.4 Å². The van der Waals surface area contributed by atoms with Crippen molar-refractivity contribution >= 4 is 30.1 Å². The minimum absolute atomic E-state index is 0. The summed E-state index contributed by atoms with van der Waals surface area (Å²) in [6.45, 7) is 0.294. The summed E-state index contributed by atoms with van der Waals surface area (Å²) in [5, 5.41) is 21.8. The molecule has 5 N–H and O–H groups in total. The van der Waals surface area contributed by atoms with Crippen molar-refractivity contribution in [2.24, 2.45) is 5.73 Å². The molecule has 182 valence electrons. The molecule has 2 aromatic carbocycles. The second-order valence-electron chi connectivity index (χ2n) is 8.87. The summed E-state index contributed by atoms with van der Waals surface area (Å²) in [6.07, 6.45) is 1.21. The molecule has 2 aliphatic rings. The molecule has 2 aliphatic heterocycles. The van der Waals surface area contributed by atoms with Gasteiger partial charge in [-0.25, -0.2) is 0 Å². The van der Waals surface area contributed by atoms with Gasteiger partial charge in [0.1, 0.15) is 17.5 Å². The van der Waals surface area contributed by atoms with Crippen molar-refractivity contribution in [2.45, 2.75) is 56.0 Å². The number of aliphatic hydroxyl groups is 1. The van der Waals surface area contributed by atoms with Crippen LogP contribution in [0.3, 0.4) is 0 Å². The maximum atomic E-state index is 13.5. The largest absolute Gasteiger partial charge is 0.384 e. The lowest BCUT2D eigenvalue weighted by Gasteiger charge is -2.46. The predicted octanol–water partition coefficient (Wildman–Crippen LogP) is 1.76. The molecule has 9 heteroatoms. The molecule has 2 fully saturated rings. The Labute approximate surface area is 205 Å². The molecule has 0 aromatic heterocycles. The van der Waals surface area contributed by atoms with Gasteiger partial charge in [-0.05, 0) is 24.0 Å². The second-order valence-corrected chi connectivity index (χ2v) is 8.87. The van der Waals surface area contributed by atoms with Gasteiger partial charge in [-0.2, -0.15) is 0 Å². The van der Waals surface area contributed by atoms with Crippen LogP contribution < -0.4 is 11.1 Å². The zero-order valence-electron chi connectivity index (χ0n) is 19.1. The summed E-state index contributed by atoms with van der Waals surface area (Å²) < 4.78 is 5.66. The first kappa shape index (κ1) is 25.7. The third-order valence-electron chi connectivity index (χ3n) is 6.71. The van der Waals surface area contributed by atoms with Crippen LogP contribution in [0.4, 0.5) is 0 Å². The van der Waals surface area contributed by atoms with E-state index >= 15 is 0 Å². The van der Waals surface area contributed by atoms with E-state index in [9.17, 15) is 14.7 Å². The highest BCUT2D eigenvalue weighted by atomic mass is 35.5. The summed E-state index contributed by atoms with van der Waals surface area (Å²) >= 11 is 0. The van der Waals surface area contributed by atoms with Crippen molar-refractivity contribution in [3.8, 4) is 0 Å². The molecule has 4 atom stereocenters. The molecule has 0 saturated carbocycles. The summed E-state index contributed by atoms with van der Waals surface area (Å²) in [5.74, 6) is -0.671. The van der Waals surface area contributed by atoms with E-state index in [0.29, 0.717) is 24.9 Å². The first-order valence-electron chi connectivity index (χ1n) is 11.2. The van der Waals surface area contributed by atoms with Crippen molar-refractivity contribution in [1.29, 1.82) is 5.41 Å². The second kappa shape index (κ2) is 10.5. The number of ether oxygens (including phenoxy) is 1. The van der Waals surface area contributed by atoms with Gasteiger partial charge in [-0.15, -0.1) is 12.4 Å². The van der Waals surface area contributed by atoms with E-state index < -0.39 is 17.6 Å². The molecule has 0 radical (unpaired) electrons. The van der Waals surface area contributed by atoms with Crippen LogP contribution in [-0.2, 0) is 27.3 Å². The predicted molar refractivity (Wildman–Crippen MR) is 131 cm³/mol. The fourth-order valence-corrected chi connectivity index (χ4v) is 4.98. The Morgan fingerprint density at radius 3 is 2.47 bits per heavy atom. The van der Waals surface area contributed by atoms with Crippen molar-refractivity contribution in [3.63, 3.8) is 0 Å². The molecule has 2 heterocycles. The fraction of sp³-hybridized carbons (Fsp3) is 0.400. The zero-order valence-corrected chi connectivity index (χ0v) is 19.9. The molecule has 0 spiro atoms. The number of amides is 2. The number of amidine groups is 1. The lowest BCUT2D eigenvalue weighted by molar-refractivity contribution is -0.175. The average Bonchev–Trinajstić information content (AvgIpc) is 3.26. The Balaban J connectivity index is 0.00000324. The number of nitrogens with one attached hydrogen (secondary N) is 2. The van der Waals surface area contributed by atoms with Crippen LogP contribution in [0.2, 0.25) is 0 Å². The zero-order chi connectivity index (χ0) is 23.6. The number of hydrogen-bond donors (Lipinski definition) is 4. The molecule has 34 heavy (non-hydrogen) atoms. The number of halogens is 1. The number of hydrogen-bond acceptors (Lipinski definition) is 5. The van der Waals surface area contributed by atoms with E-state index in [4.69, 9.17) is 15.9 Å². The van der Waals surface area contributed by atoms with Crippen molar-refractivity contribution in [1.82, 2.24) is 10.2 Å². The summed E-state index contributed by atoms with van der Waals surface area (Å²) in [6, 6.07) is 15.6. The van der Waals surface area contributed by atoms with Gasteiger partial charge in [0.2, 0.25) is 5.91 Å². The van der Waals surface area contributed by atoms with Gasteiger partial charge in [-0.1, -0.05) is 54.6 Å². The Hall–Kier alpha value is -2.94. The number of nitrogens with two attached hydrogens (primary N) is 1. The number of methoxy groups -OCH3 is 1. The van der Waals surface area contributed by atoms with E-state index in [1.165, 1.54) is 0 Å². The maximum absolute atomic E-state index is 13.5. The number of nitrogens with zero attached hydrogens (tertiary/aromatic N) is 1. The third kappa shape index (κ3) is 5.09. The van der Waals surface area contributed by atoms with Gasteiger partial charge in [0, 0.05) is 32.1 Å². The van der Waals surface area contributed by atoms with Gasteiger partial charge in [0.05, 0.1) is 12.1 Å². The van der Waals surface area contributed by atoms with Crippen molar-refractivity contribution in [3.05, 3.63) is 71.3 Å². The maximum Gasteiger partial charge on any atom is 0.256 e. The third-order valence-corrected chi connectivity index (χ3v) is 6.71. The van der Waals surface area contributed by atoms with Crippen molar-refractivity contribution < 1.29 is 19.4 Å². The molecule has 2 amide bonds. The molecule has 2 saturated heterocycles. The number of rotatable bonds is 7. The molecule has 2 aromatic rings.